The van der Waals surface area contributed by atoms with Gasteiger partial charge in [-0.2, -0.15) is 0 Å². The van der Waals surface area contributed by atoms with Gasteiger partial charge in [0.15, 0.2) is 0 Å². The van der Waals surface area contributed by atoms with Crippen LogP contribution in [0, 0.1) is 0 Å². The Morgan fingerprint density at radius 2 is 1.44 bits per heavy atom. The number of amides is 1. The molecule has 0 aliphatic rings. The van der Waals surface area contributed by atoms with Crippen LogP contribution >= 0.6 is 0 Å². The molecule has 0 saturated carbocycles. The van der Waals surface area contributed by atoms with Gasteiger partial charge in [0.25, 0.3) is 0 Å². The molecule has 3 rings (SSSR count). The fraction of sp³-hybridized carbons (Fsp3) is 0.136. The first-order chi connectivity index (χ1) is 13.2. The third-order valence-corrected chi connectivity index (χ3v) is 3.96. The van der Waals surface area contributed by atoms with E-state index in [0.717, 1.165) is 11.3 Å². The molecule has 0 unspecified atom stereocenters. The Balaban J connectivity index is 1.68. The van der Waals surface area contributed by atoms with Crippen LogP contribution in [-0.2, 0) is 11.3 Å². The van der Waals surface area contributed by atoms with E-state index in [1.165, 1.54) is 4.90 Å². The molecule has 0 spiro atoms. The number of nitrogens with zero attached hydrogens (tertiary/aromatic N) is 1. The van der Waals surface area contributed by atoms with Crippen LogP contribution in [0.3, 0.4) is 0 Å². The molecule has 0 bridgehead atoms. The summed E-state index contributed by atoms with van der Waals surface area (Å²) in [5.74, 6) is 0. The van der Waals surface area contributed by atoms with Gasteiger partial charge in [-0.1, -0.05) is 66.7 Å². The Bertz CT molecular complexity index is 826. The molecular weight excluding hydrogens is 340 g/mol. The topological polar surface area (TPSA) is 61.8 Å². The summed E-state index contributed by atoms with van der Waals surface area (Å²) in [5.41, 5.74) is 2.34. The third kappa shape index (κ3) is 5.59. The van der Waals surface area contributed by atoms with Crippen LogP contribution in [-0.4, -0.2) is 24.0 Å². The number of aliphatic hydroxyl groups is 1. The molecule has 3 aromatic rings. The highest BCUT2D eigenvalue weighted by molar-refractivity contribution is 5.87. The highest BCUT2D eigenvalue weighted by atomic mass is 16.6. The summed E-state index contributed by atoms with van der Waals surface area (Å²) in [4.78, 5) is 14.1. The largest absolute Gasteiger partial charge is 0.444 e. The number of anilines is 2. The van der Waals surface area contributed by atoms with E-state index in [0.29, 0.717) is 5.69 Å². The average molecular weight is 362 g/mol. The lowest BCUT2D eigenvalue weighted by Gasteiger charge is -2.25. The molecule has 1 atom stereocenters. The van der Waals surface area contributed by atoms with Crippen molar-refractivity contribution in [1.82, 2.24) is 0 Å². The minimum atomic E-state index is -0.947. The Morgan fingerprint density at radius 1 is 0.889 bits per heavy atom. The standard InChI is InChI=1S/C22H22N2O3/c25-21(23-19-12-6-2-7-13-19)16-24(20-14-8-3-9-15-20)22(26)27-17-18-10-4-1-5-11-18/h1-15,21,23,25H,16-17H2/t21-/m1/s1. The molecule has 5 heteroatoms. The first-order valence-electron chi connectivity index (χ1n) is 8.75. The van der Waals surface area contributed by atoms with Gasteiger partial charge in [0, 0.05) is 11.4 Å². The highest BCUT2D eigenvalue weighted by Gasteiger charge is 2.21. The van der Waals surface area contributed by atoms with E-state index < -0.39 is 12.3 Å². The van der Waals surface area contributed by atoms with Crippen LogP contribution < -0.4 is 10.2 Å². The lowest BCUT2D eigenvalue weighted by atomic mass is 10.2. The van der Waals surface area contributed by atoms with Gasteiger partial charge in [0.05, 0.1) is 6.54 Å². The lowest BCUT2D eigenvalue weighted by molar-refractivity contribution is 0.140. The van der Waals surface area contributed by atoms with Crippen molar-refractivity contribution in [3.05, 3.63) is 96.6 Å². The zero-order chi connectivity index (χ0) is 18.9. The fourth-order valence-corrected chi connectivity index (χ4v) is 2.64. The van der Waals surface area contributed by atoms with E-state index in [1.807, 2.05) is 78.9 Å². The molecule has 0 aliphatic carbocycles. The van der Waals surface area contributed by atoms with E-state index in [4.69, 9.17) is 4.74 Å². The van der Waals surface area contributed by atoms with Gasteiger partial charge in [0.2, 0.25) is 0 Å². The second-order valence-electron chi connectivity index (χ2n) is 6.01. The third-order valence-electron chi connectivity index (χ3n) is 3.96. The summed E-state index contributed by atoms with van der Waals surface area (Å²) in [5, 5.41) is 13.4. The lowest BCUT2D eigenvalue weighted by Crippen LogP contribution is -2.41. The zero-order valence-corrected chi connectivity index (χ0v) is 14.9. The van der Waals surface area contributed by atoms with Gasteiger partial charge in [-0.3, -0.25) is 4.90 Å². The van der Waals surface area contributed by atoms with Gasteiger partial charge in [0.1, 0.15) is 12.8 Å². The first kappa shape index (κ1) is 18.5. The highest BCUT2D eigenvalue weighted by Crippen LogP contribution is 2.17. The van der Waals surface area contributed by atoms with E-state index in [1.54, 1.807) is 12.1 Å². The van der Waals surface area contributed by atoms with Crippen LogP contribution in [0.5, 0.6) is 0 Å². The number of hydrogen-bond acceptors (Lipinski definition) is 4. The number of nitrogens with one attached hydrogen (secondary N) is 1. The van der Waals surface area contributed by atoms with Crippen molar-refractivity contribution < 1.29 is 14.6 Å². The number of carbonyl (C=O) groups is 1. The van der Waals surface area contributed by atoms with Crippen LogP contribution in [0.2, 0.25) is 0 Å². The van der Waals surface area contributed by atoms with Gasteiger partial charge in [-0.15, -0.1) is 0 Å². The number of carbonyl (C=O) groups excluding carboxylic acids is 1. The summed E-state index contributed by atoms with van der Waals surface area (Å²) in [7, 11) is 0. The number of para-hydroxylation sites is 2. The Labute approximate surface area is 158 Å². The van der Waals surface area contributed by atoms with Crippen molar-refractivity contribution in [2.45, 2.75) is 12.8 Å². The molecular formula is C22H22N2O3. The summed E-state index contributed by atoms with van der Waals surface area (Å²) >= 11 is 0. The number of ether oxygens (including phenoxy) is 1. The second-order valence-corrected chi connectivity index (χ2v) is 6.01. The van der Waals surface area contributed by atoms with Crippen LogP contribution in [0.25, 0.3) is 0 Å². The molecule has 138 valence electrons. The second kappa shape index (κ2) is 9.40. The number of hydrogen-bond donors (Lipinski definition) is 2. The van der Waals surface area contributed by atoms with Crippen LogP contribution in [0.1, 0.15) is 5.56 Å². The maximum Gasteiger partial charge on any atom is 0.414 e. The maximum atomic E-state index is 12.7. The normalized spacial score (nSPS) is 11.4. The molecule has 0 aromatic heterocycles. The summed E-state index contributed by atoms with van der Waals surface area (Å²) in [6.45, 7) is 0.220. The fourth-order valence-electron chi connectivity index (χ4n) is 2.64. The quantitative estimate of drug-likeness (QED) is 0.617. The monoisotopic (exact) mass is 362 g/mol. The Kier molecular flexibility index (Phi) is 6.44. The van der Waals surface area contributed by atoms with Gasteiger partial charge >= 0.3 is 6.09 Å². The Morgan fingerprint density at radius 3 is 2.07 bits per heavy atom. The van der Waals surface area contributed by atoms with E-state index in [9.17, 15) is 9.90 Å². The van der Waals surface area contributed by atoms with Crippen LogP contribution in [0.15, 0.2) is 91.0 Å². The van der Waals surface area contributed by atoms with E-state index in [2.05, 4.69) is 5.32 Å². The van der Waals surface area contributed by atoms with Gasteiger partial charge < -0.3 is 15.2 Å². The van der Waals surface area contributed by atoms with Gasteiger partial charge in [-0.25, -0.2) is 4.79 Å². The number of rotatable bonds is 7. The maximum absolute atomic E-state index is 12.7. The minimum Gasteiger partial charge on any atom is -0.444 e. The molecule has 0 saturated heterocycles. The number of aliphatic hydroxyl groups excluding tert-OH is 1. The zero-order valence-electron chi connectivity index (χ0n) is 14.9. The molecule has 0 fully saturated rings. The predicted molar refractivity (Wildman–Crippen MR) is 106 cm³/mol. The molecule has 0 heterocycles. The summed E-state index contributed by atoms with van der Waals surface area (Å²) in [6.07, 6.45) is -1.46. The molecule has 0 aliphatic heterocycles. The molecule has 5 nitrogen and oxygen atoms in total. The SMILES string of the molecule is O=C(OCc1ccccc1)N(C[C@@H](O)Nc1ccccc1)c1ccccc1. The predicted octanol–water partition coefficient (Wildman–Crippen LogP) is 4.26. The van der Waals surface area contributed by atoms with E-state index in [-0.39, 0.29) is 13.2 Å². The Hall–Kier alpha value is -3.31. The van der Waals surface area contributed by atoms with Crippen molar-refractivity contribution in [2.75, 3.05) is 16.8 Å². The minimum absolute atomic E-state index is 0.0481. The molecule has 27 heavy (non-hydrogen) atoms. The van der Waals surface area contributed by atoms with Crippen molar-refractivity contribution in [2.24, 2.45) is 0 Å². The van der Waals surface area contributed by atoms with Crippen LogP contribution in [0.4, 0.5) is 16.2 Å². The van der Waals surface area contributed by atoms with Crippen molar-refractivity contribution in [3.8, 4) is 0 Å². The van der Waals surface area contributed by atoms with Gasteiger partial charge in [-0.05, 0) is 29.8 Å². The van der Waals surface area contributed by atoms with Crippen molar-refractivity contribution >= 4 is 17.5 Å². The average Bonchev–Trinajstić information content (AvgIpc) is 2.72. The molecule has 1 amide bonds. The first-order valence-corrected chi connectivity index (χ1v) is 8.75. The summed E-state index contributed by atoms with van der Waals surface area (Å²) < 4.78 is 5.44. The number of benzene rings is 3. The molecule has 3 aromatic carbocycles. The van der Waals surface area contributed by atoms with Crippen molar-refractivity contribution in [1.29, 1.82) is 0 Å². The molecule has 0 radical (unpaired) electrons. The summed E-state index contributed by atoms with van der Waals surface area (Å²) in [6, 6.07) is 28.0. The smallest absolute Gasteiger partial charge is 0.414 e. The molecule has 2 N–H and O–H groups in total. The van der Waals surface area contributed by atoms with Crippen molar-refractivity contribution in [3.63, 3.8) is 0 Å². The van der Waals surface area contributed by atoms with E-state index >= 15 is 0 Å².